The standard InChI is InChI=1S/C10H8BrClFN3/c1-16-10(14)6(4-15-16)5-2-7(11)9(13)3-8(5)12/h2-4H,14H2,1H3. The van der Waals surface area contributed by atoms with Gasteiger partial charge in [0.2, 0.25) is 0 Å². The van der Waals surface area contributed by atoms with Crippen LogP contribution in [0.15, 0.2) is 22.8 Å². The van der Waals surface area contributed by atoms with Crippen LogP contribution in [0.25, 0.3) is 11.1 Å². The van der Waals surface area contributed by atoms with Crippen molar-refractivity contribution in [3.8, 4) is 11.1 Å². The third kappa shape index (κ3) is 1.81. The molecule has 0 aliphatic carbocycles. The molecule has 0 aliphatic rings. The Morgan fingerprint density at radius 2 is 2.12 bits per heavy atom. The maximum absolute atomic E-state index is 13.2. The lowest BCUT2D eigenvalue weighted by Crippen LogP contribution is -1.98. The number of hydrogen-bond acceptors (Lipinski definition) is 2. The minimum Gasteiger partial charge on any atom is -0.383 e. The molecule has 2 aromatic rings. The number of aromatic nitrogens is 2. The van der Waals surface area contributed by atoms with E-state index in [1.807, 2.05) is 0 Å². The number of nitrogens with zero attached hydrogens (tertiary/aromatic N) is 2. The highest BCUT2D eigenvalue weighted by Crippen LogP contribution is 2.35. The molecule has 0 saturated heterocycles. The van der Waals surface area contributed by atoms with Gasteiger partial charge < -0.3 is 5.73 Å². The fraction of sp³-hybridized carbons (Fsp3) is 0.100. The van der Waals surface area contributed by atoms with Crippen LogP contribution in [0.4, 0.5) is 10.2 Å². The van der Waals surface area contributed by atoms with E-state index in [2.05, 4.69) is 21.0 Å². The molecule has 1 aromatic heterocycles. The van der Waals surface area contributed by atoms with E-state index in [9.17, 15) is 4.39 Å². The minimum atomic E-state index is -0.406. The Balaban J connectivity index is 2.65. The zero-order chi connectivity index (χ0) is 11.9. The Morgan fingerprint density at radius 3 is 2.69 bits per heavy atom. The second-order valence-electron chi connectivity index (χ2n) is 3.31. The van der Waals surface area contributed by atoms with E-state index in [1.165, 1.54) is 10.7 Å². The van der Waals surface area contributed by atoms with Gasteiger partial charge in [0.05, 0.1) is 15.7 Å². The molecule has 1 heterocycles. The van der Waals surface area contributed by atoms with Gasteiger partial charge in [-0.05, 0) is 28.1 Å². The fourth-order valence-corrected chi connectivity index (χ4v) is 1.98. The molecule has 0 amide bonds. The third-order valence-corrected chi connectivity index (χ3v) is 3.21. The highest BCUT2D eigenvalue weighted by Gasteiger charge is 2.13. The molecule has 1 aromatic carbocycles. The van der Waals surface area contributed by atoms with Gasteiger partial charge in [0.1, 0.15) is 11.6 Å². The molecule has 16 heavy (non-hydrogen) atoms. The Morgan fingerprint density at radius 1 is 1.44 bits per heavy atom. The lowest BCUT2D eigenvalue weighted by Gasteiger charge is -2.05. The summed E-state index contributed by atoms with van der Waals surface area (Å²) in [4.78, 5) is 0. The van der Waals surface area contributed by atoms with E-state index < -0.39 is 5.82 Å². The fourth-order valence-electron chi connectivity index (χ4n) is 1.38. The van der Waals surface area contributed by atoms with Crippen molar-refractivity contribution < 1.29 is 4.39 Å². The molecule has 0 aliphatic heterocycles. The first kappa shape index (κ1) is 11.4. The maximum atomic E-state index is 13.2. The van der Waals surface area contributed by atoms with E-state index in [0.29, 0.717) is 26.4 Å². The molecule has 0 atom stereocenters. The minimum absolute atomic E-state index is 0.306. The molecule has 2 N–H and O–H groups in total. The monoisotopic (exact) mass is 303 g/mol. The predicted molar refractivity (Wildman–Crippen MR) is 65.7 cm³/mol. The van der Waals surface area contributed by atoms with Crippen LogP contribution in [-0.4, -0.2) is 9.78 Å². The predicted octanol–water partition coefficient (Wildman–Crippen LogP) is 3.22. The summed E-state index contributed by atoms with van der Waals surface area (Å²) in [5.74, 6) is 0.0802. The van der Waals surface area contributed by atoms with Gasteiger partial charge >= 0.3 is 0 Å². The Bertz CT molecular complexity index is 553. The van der Waals surface area contributed by atoms with Crippen LogP contribution in [0.2, 0.25) is 5.02 Å². The number of benzene rings is 1. The van der Waals surface area contributed by atoms with Crippen molar-refractivity contribution in [1.29, 1.82) is 0 Å². The Kier molecular flexibility index (Phi) is 2.90. The first-order valence-electron chi connectivity index (χ1n) is 4.43. The van der Waals surface area contributed by atoms with E-state index in [-0.39, 0.29) is 0 Å². The van der Waals surface area contributed by atoms with Crippen molar-refractivity contribution in [2.75, 3.05) is 5.73 Å². The third-order valence-electron chi connectivity index (χ3n) is 2.28. The zero-order valence-electron chi connectivity index (χ0n) is 8.34. The van der Waals surface area contributed by atoms with Crippen LogP contribution in [0.3, 0.4) is 0 Å². The molecule has 2 rings (SSSR count). The number of aryl methyl sites for hydroxylation is 1. The van der Waals surface area contributed by atoms with E-state index >= 15 is 0 Å². The first-order chi connectivity index (χ1) is 7.50. The van der Waals surface area contributed by atoms with Gasteiger partial charge in [-0.1, -0.05) is 11.6 Å². The topological polar surface area (TPSA) is 43.8 Å². The van der Waals surface area contributed by atoms with Crippen LogP contribution < -0.4 is 5.73 Å². The Labute approximate surface area is 105 Å². The molecular weight excluding hydrogens is 296 g/mol. The van der Waals surface area contributed by atoms with Gasteiger partial charge in [0.15, 0.2) is 0 Å². The van der Waals surface area contributed by atoms with E-state index in [1.54, 1.807) is 19.3 Å². The van der Waals surface area contributed by atoms with Gasteiger partial charge in [-0.25, -0.2) is 4.39 Å². The van der Waals surface area contributed by atoms with Gasteiger partial charge in [-0.3, -0.25) is 4.68 Å². The van der Waals surface area contributed by atoms with Crippen molar-refractivity contribution in [3.05, 3.63) is 33.6 Å². The molecule has 0 spiro atoms. The molecule has 6 heteroatoms. The van der Waals surface area contributed by atoms with Crippen LogP contribution in [0.5, 0.6) is 0 Å². The number of nitrogen functional groups attached to an aromatic ring is 1. The number of halogens is 3. The SMILES string of the molecule is Cn1ncc(-c2cc(Br)c(F)cc2Cl)c1N. The van der Waals surface area contributed by atoms with E-state index in [0.717, 1.165) is 0 Å². The molecule has 3 nitrogen and oxygen atoms in total. The second-order valence-corrected chi connectivity index (χ2v) is 4.57. The second kappa shape index (κ2) is 4.07. The van der Waals surface area contributed by atoms with Crippen LogP contribution in [-0.2, 0) is 7.05 Å². The summed E-state index contributed by atoms with van der Waals surface area (Å²) in [5, 5.41) is 4.32. The largest absolute Gasteiger partial charge is 0.383 e. The molecular formula is C10H8BrClFN3. The molecule has 0 bridgehead atoms. The Hall–Kier alpha value is -1.07. The molecule has 0 radical (unpaired) electrons. The van der Waals surface area contributed by atoms with Gasteiger partial charge in [0.25, 0.3) is 0 Å². The van der Waals surface area contributed by atoms with Crippen LogP contribution >= 0.6 is 27.5 Å². The molecule has 0 unspecified atom stereocenters. The van der Waals surface area contributed by atoms with Crippen molar-refractivity contribution >= 4 is 33.3 Å². The zero-order valence-corrected chi connectivity index (χ0v) is 10.7. The highest BCUT2D eigenvalue weighted by molar-refractivity contribution is 9.10. The van der Waals surface area contributed by atoms with Crippen molar-refractivity contribution in [3.63, 3.8) is 0 Å². The number of anilines is 1. The molecule has 84 valence electrons. The van der Waals surface area contributed by atoms with Crippen molar-refractivity contribution in [2.24, 2.45) is 7.05 Å². The molecule has 0 fully saturated rings. The van der Waals surface area contributed by atoms with Gasteiger partial charge in [-0.15, -0.1) is 0 Å². The van der Waals surface area contributed by atoms with Crippen LogP contribution in [0.1, 0.15) is 0 Å². The summed E-state index contributed by atoms with van der Waals surface area (Å²) in [5.41, 5.74) is 7.17. The number of rotatable bonds is 1. The number of nitrogens with two attached hydrogens (primary N) is 1. The van der Waals surface area contributed by atoms with Crippen molar-refractivity contribution in [2.45, 2.75) is 0 Å². The summed E-state index contributed by atoms with van der Waals surface area (Å²) in [6, 6.07) is 2.83. The summed E-state index contributed by atoms with van der Waals surface area (Å²) in [6.07, 6.45) is 1.60. The first-order valence-corrected chi connectivity index (χ1v) is 5.60. The highest BCUT2D eigenvalue weighted by atomic mass is 79.9. The van der Waals surface area contributed by atoms with Gasteiger partial charge in [-0.2, -0.15) is 5.10 Å². The normalized spacial score (nSPS) is 10.8. The summed E-state index contributed by atoms with van der Waals surface area (Å²) in [6.45, 7) is 0. The van der Waals surface area contributed by atoms with Crippen LogP contribution in [0, 0.1) is 5.82 Å². The van der Waals surface area contributed by atoms with E-state index in [4.69, 9.17) is 17.3 Å². The van der Waals surface area contributed by atoms with Crippen molar-refractivity contribution in [1.82, 2.24) is 9.78 Å². The quantitative estimate of drug-likeness (QED) is 0.822. The molecule has 0 saturated carbocycles. The van der Waals surface area contributed by atoms with Gasteiger partial charge in [0, 0.05) is 18.2 Å². The lowest BCUT2D eigenvalue weighted by atomic mass is 10.1. The summed E-state index contributed by atoms with van der Waals surface area (Å²) >= 11 is 9.07. The average molecular weight is 305 g/mol. The lowest BCUT2D eigenvalue weighted by molar-refractivity contribution is 0.621. The summed E-state index contributed by atoms with van der Waals surface area (Å²) in [7, 11) is 1.73. The average Bonchev–Trinajstić information content (AvgIpc) is 2.54. The number of hydrogen-bond donors (Lipinski definition) is 1. The maximum Gasteiger partial charge on any atom is 0.138 e. The summed E-state index contributed by atoms with van der Waals surface area (Å²) < 4.78 is 15.1. The smallest absolute Gasteiger partial charge is 0.138 e.